The molecule has 0 radical (unpaired) electrons. The Bertz CT molecular complexity index is 164. The normalized spacial score (nSPS) is 11.1. The molecule has 0 atom stereocenters. The first-order valence-corrected chi connectivity index (χ1v) is 4.69. The van der Waals surface area contributed by atoms with Crippen LogP contribution in [0.5, 0.6) is 0 Å². The third kappa shape index (κ3) is 9.08. The molecule has 3 nitrogen and oxygen atoms in total. The second-order valence-electron chi connectivity index (χ2n) is 3.30. The maximum atomic E-state index is 11.1. The molecule has 0 aromatic rings. The number of allylic oxidation sites excluding steroid dienone is 2. The Labute approximate surface area is 80.8 Å². The van der Waals surface area contributed by atoms with Crippen LogP contribution in [-0.2, 0) is 4.79 Å². The van der Waals surface area contributed by atoms with Gasteiger partial charge in [-0.2, -0.15) is 0 Å². The van der Waals surface area contributed by atoms with E-state index in [1.54, 1.807) is 0 Å². The standard InChI is InChI=1S/C10H20N2O/c1-4-5-6-7-8-10(13)11-9-12(2)3/h4-5H,6-9H2,1-3H3,(H,11,13)/b5-4+. The van der Waals surface area contributed by atoms with Gasteiger partial charge in [0.15, 0.2) is 0 Å². The summed E-state index contributed by atoms with van der Waals surface area (Å²) >= 11 is 0. The van der Waals surface area contributed by atoms with E-state index in [0.29, 0.717) is 13.1 Å². The van der Waals surface area contributed by atoms with Crippen molar-refractivity contribution in [3.8, 4) is 0 Å². The van der Waals surface area contributed by atoms with Crippen molar-refractivity contribution in [1.82, 2.24) is 10.2 Å². The third-order valence-electron chi connectivity index (χ3n) is 1.60. The number of unbranched alkanes of at least 4 members (excludes halogenated alkanes) is 1. The quantitative estimate of drug-likeness (QED) is 0.384. The number of nitrogens with one attached hydrogen (secondary N) is 1. The predicted octanol–water partition coefficient (Wildman–Crippen LogP) is 1.37. The minimum atomic E-state index is 0.137. The van der Waals surface area contributed by atoms with Gasteiger partial charge in [-0.15, -0.1) is 0 Å². The van der Waals surface area contributed by atoms with Gasteiger partial charge >= 0.3 is 0 Å². The van der Waals surface area contributed by atoms with Gasteiger partial charge in [0.25, 0.3) is 0 Å². The van der Waals surface area contributed by atoms with Gasteiger partial charge in [0.1, 0.15) is 0 Å². The van der Waals surface area contributed by atoms with Gasteiger partial charge in [0, 0.05) is 6.42 Å². The molecule has 0 aliphatic heterocycles. The molecule has 0 aliphatic rings. The molecule has 0 saturated heterocycles. The molecule has 0 aliphatic carbocycles. The Morgan fingerprint density at radius 1 is 1.46 bits per heavy atom. The smallest absolute Gasteiger partial charge is 0.221 e. The number of hydrogen-bond acceptors (Lipinski definition) is 2. The van der Waals surface area contributed by atoms with Crippen LogP contribution in [0, 0.1) is 0 Å². The van der Waals surface area contributed by atoms with E-state index in [-0.39, 0.29) is 5.91 Å². The zero-order chi connectivity index (χ0) is 10.1. The summed E-state index contributed by atoms with van der Waals surface area (Å²) < 4.78 is 0. The fraction of sp³-hybridized carbons (Fsp3) is 0.700. The van der Waals surface area contributed by atoms with E-state index in [0.717, 1.165) is 12.8 Å². The molecule has 76 valence electrons. The van der Waals surface area contributed by atoms with Crippen molar-refractivity contribution >= 4 is 5.91 Å². The molecule has 1 amide bonds. The summed E-state index contributed by atoms with van der Waals surface area (Å²) in [4.78, 5) is 13.1. The lowest BCUT2D eigenvalue weighted by molar-refractivity contribution is -0.121. The number of carbonyl (C=O) groups is 1. The molecule has 0 saturated carbocycles. The summed E-state index contributed by atoms with van der Waals surface area (Å²) in [7, 11) is 3.86. The highest BCUT2D eigenvalue weighted by atomic mass is 16.1. The first-order chi connectivity index (χ1) is 6.16. The van der Waals surface area contributed by atoms with Crippen molar-refractivity contribution < 1.29 is 4.79 Å². The lowest BCUT2D eigenvalue weighted by atomic mass is 10.2. The third-order valence-corrected chi connectivity index (χ3v) is 1.60. The Morgan fingerprint density at radius 3 is 2.69 bits per heavy atom. The van der Waals surface area contributed by atoms with Crippen LogP contribution in [0.2, 0.25) is 0 Å². The maximum absolute atomic E-state index is 11.1. The Balaban J connectivity index is 3.30. The number of hydrogen-bond donors (Lipinski definition) is 1. The summed E-state index contributed by atoms with van der Waals surface area (Å²) in [5.41, 5.74) is 0. The zero-order valence-corrected chi connectivity index (χ0v) is 8.84. The molecule has 3 heteroatoms. The summed E-state index contributed by atoms with van der Waals surface area (Å²) in [5, 5.41) is 2.82. The Morgan fingerprint density at radius 2 is 2.15 bits per heavy atom. The zero-order valence-electron chi connectivity index (χ0n) is 8.84. The molecule has 0 rings (SSSR count). The van der Waals surface area contributed by atoms with E-state index in [1.165, 1.54) is 0 Å². The highest BCUT2D eigenvalue weighted by Crippen LogP contribution is 1.96. The van der Waals surface area contributed by atoms with Crippen LogP contribution in [0.25, 0.3) is 0 Å². The van der Waals surface area contributed by atoms with Crippen LogP contribution in [0.1, 0.15) is 26.2 Å². The van der Waals surface area contributed by atoms with Crippen LogP contribution in [-0.4, -0.2) is 31.6 Å². The van der Waals surface area contributed by atoms with Crippen molar-refractivity contribution in [2.24, 2.45) is 0 Å². The van der Waals surface area contributed by atoms with E-state index in [1.807, 2.05) is 32.0 Å². The lowest BCUT2D eigenvalue weighted by Gasteiger charge is -2.10. The summed E-state index contributed by atoms with van der Waals surface area (Å²) in [6.07, 6.45) is 6.64. The van der Waals surface area contributed by atoms with E-state index in [4.69, 9.17) is 0 Å². The molecule has 0 aromatic heterocycles. The van der Waals surface area contributed by atoms with Crippen molar-refractivity contribution in [3.05, 3.63) is 12.2 Å². The first kappa shape index (κ1) is 12.2. The number of nitrogens with zero attached hydrogens (tertiary/aromatic N) is 1. The molecule has 0 unspecified atom stereocenters. The Kier molecular flexibility index (Phi) is 7.30. The molecule has 0 aromatic carbocycles. The molecule has 0 heterocycles. The summed E-state index contributed by atoms with van der Waals surface area (Å²) in [6.45, 7) is 2.62. The minimum Gasteiger partial charge on any atom is -0.343 e. The molecular formula is C10H20N2O. The van der Waals surface area contributed by atoms with Crippen LogP contribution < -0.4 is 5.32 Å². The average molecular weight is 184 g/mol. The van der Waals surface area contributed by atoms with Crippen LogP contribution in [0.3, 0.4) is 0 Å². The second kappa shape index (κ2) is 7.80. The predicted molar refractivity (Wildman–Crippen MR) is 55.4 cm³/mol. The summed E-state index contributed by atoms with van der Waals surface area (Å²) in [5.74, 6) is 0.137. The monoisotopic (exact) mass is 184 g/mol. The highest BCUT2D eigenvalue weighted by molar-refractivity contribution is 5.75. The van der Waals surface area contributed by atoms with E-state index in [2.05, 4.69) is 11.4 Å². The van der Waals surface area contributed by atoms with E-state index >= 15 is 0 Å². The number of carbonyl (C=O) groups excluding carboxylic acids is 1. The summed E-state index contributed by atoms with van der Waals surface area (Å²) in [6, 6.07) is 0. The van der Waals surface area contributed by atoms with Crippen molar-refractivity contribution in [2.75, 3.05) is 20.8 Å². The molecule has 0 fully saturated rings. The highest BCUT2D eigenvalue weighted by Gasteiger charge is 1.98. The topological polar surface area (TPSA) is 32.3 Å². The van der Waals surface area contributed by atoms with Crippen LogP contribution >= 0.6 is 0 Å². The fourth-order valence-corrected chi connectivity index (χ4v) is 0.882. The largest absolute Gasteiger partial charge is 0.343 e. The molecule has 1 N–H and O–H groups in total. The van der Waals surface area contributed by atoms with Crippen molar-refractivity contribution in [1.29, 1.82) is 0 Å². The molecular weight excluding hydrogens is 164 g/mol. The van der Waals surface area contributed by atoms with Crippen molar-refractivity contribution in [2.45, 2.75) is 26.2 Å². The second-order valence-corrected chi connectivity index (χ2v) is 3.30. The van der Waals surface area contributed by atoms with Gasteiger partial charge in [-0.3, -0.25) is 9.69 Å². The first-order valence-electron chi connectivity index (χ1n) is 4.69. The van der Waals surface area contributed by atoms with E-state index in [9.17, 15) is 4.79 Å². The molecule has 0 spiro atoms. The number of amides is 1. The van der Waals surface area contributed by atoms with Gasteiger partial charge < -0.3 is 5.32 Å². The van der Waals surface area contributed by atoms with Gasteiger partial charge in [-0.25, -0.2) is 0 Å². The van der Waals surface area contributed by atoms with Crippen LogP contribution in [0.4, 0.5) is 0 Å². The SMILES string of the molecule is C/C=C/CCCC(=O)NCN(C)C. The van der Waals surface area contributed by atoms with E-state index < -0.39 is 0 Å². The van der Waals surface area contributed by atoms with Gasteiger partial charge in [0.2, 0.25) is 5.91 Å². The van der Waals surface area contributed by atoms with Crippen molar-refractivity contribution in [3.63, 3.8) is 0 Å². The molecule has 13 heavy (non-hydrogen) atoms. The van der Waals surface area contributed by atoms with Gasteiger partial charge in [-0.1, -0.05) is 12.2 Å². The van der Waals surface area contributed by atoms with Gasteiger partial charge in [0.05, 0.1) is 6.67 Å². The van der Waals surface area contributed by atoms with Gasteiger partial charge in [-0.05, 0) is 33.9 Å². The minimum absolute atomic E-state index is 0.137. The fourth-order valence-electron chi connectivity index (χ4n) is 0.882. The van der Waals surface area contributed by atoms with Crippen LogP contribution in [0.15, 0.2) is 12.2 Å². The molecule has 0 bridgehead atoms. The maximum Gasteiger partial charge on any atom is 0.221 e. The Hall–Kier alpha value is -0.830. The lowest BCUT2D eigenvalue weighted by Crippen LogP contribution is -2.32. The number of rotatable bonds is 6. The average Bonchev–Trinajstić information content (AvgIpc) is 2.09.